The van der Waals surface area contributed by atoms with Gasteiger partial charge >= 0.3 is 0 Å². The van der Waals surface area contributed by atoms with E-state index in [2.05, 4.69) is 41.5 Å². The van der Waals surface area contributed by atoms with Crippen LogP contribution < -0.4 is 0 Å². The molecule has 1 aromatic rings. The largest absolute Gasteiger partial charge is 0.357 e. The normalized spacial score (nSPS) is 26.2. The zero-order valence-electron chi connectivity index (χ0n) is 7.37. The monoisotopic (exact) mass is 180 g/mol. The molecule has 0 bridgehead atoms. The van der Waals surface area contributed by atoms with E-state index in [9.17, 15) is 0 Å². The second kappa shape index (κ2) is 2.83. The second-order valence-electron chi connectivity index (χ2n) is 3.42. The molecule has 1 unspecified atom stereocenters. The molecular weight excluding hydrogens is 167 g/mol. The lowest BCUT2D eigenvalue weighted by molar-refractivity contribution is 0.180. The van der Waals surface area contributed by atoms with Crippen molar-refractivity contribution >= 4 is 9.47 Å². The number of benzene rings is 1. The molecule has 1 aromatic carbocycles. The van der Waals surface area contributed by atoms with E-state index in [0.717, 1.165) is 0 Å². The fourth-order valence-electron chi connectivity index (χ4n) is 1.99. The molecule has 64 valence electrons. The average Bonchev–Trinajstić information content (AvgIpc) is 2.07. The third-order valence-corrected chi connectivity index (χ3v) is 3.03. The van der Waals surface area contributed by atoms with Gasteiger partial charge in [-0.1, -0.05) is 25.1 Å². The zero-order valence-corrected chi connectivity index (χ0v) is 8.53. The standard InChI is InChI=1S/C10H13OP/c1-6-4-3-5-8-7(2)10(11-12)9(6)8/h3-5,7,10H,12H2,1-2H3/t7-,10+/m0/s1. The molecule has 0 amide bonds. The summed E-state index contributed by atoms with van der Waals surface area (Å²) in [5, 5.41) is 0. The maximum absolute atomic E-state index is 5.32. The summed E-state index contributed by atoms with van der Waals surface area (Å²) in [5.41, 5.74) is 4.18. The van der Waals surface area contributed by atoms with E-state index in [1.807, 2.05) is 0 Å². The first-order valence-corrected chi connectivity index (χ1v) is 4.67. The van der Waals surface area contributed by atoms with E-state index in [4.69, 9.17) is 4.52 Å². The Balaban J connectivity index is 2.48. The molecule has 0 saturated heterocycles. The van der Waals surface area contributed by atoms with Crippen LogP contribution in [0.2, 0.25) is 0 Å². The Hall–Kier alpha value is -0.390. The maximum Gasteiger partial charge on any atom is 0.0931 e. The van der Waals surface area contributed by atoms with Gasteiger partial charge in [0.15, 0.2) is 0 Å². The van der Waals surface area contributed by atoms with Crippen molar-refractivity contribution in [2.45, 2.75) is 25.9 Å². The number of rotatable bonds is 1. The number of fused-ring (bicyclic) bond motifs is 1. The van der Waals surface area contributed by atoms with E-state index < -0.39 is 0 Å². The van der Waals surface area contributed by atoms with Crippen LogP contribution in [0.15, 0.2) is 18.2 Å². The molecule has 0 fully saturated rings. The topological polar surface area (TPSA) is 9.23 Å². The lowest BCUT2D eigenvalue weighted by Gasteiger charge is -2.37. The van der Waals surface area contributed by atoms with Crippen molar-refractivity contribution in [3.05, 3.63) is 34.9 Å². The molecular formula is C10H13OP. The first-order valence-electron chi connectivity index (χ1n) is 4.20. The van der Waals surface area contributed by atoms with E-state index in [0.29, 0.717) is 12.0 Å². The van der Waals surface area contributed by atoms with Gasteiger partial charge < -0.3 is 4.52 Å². The van der Waals surface area contributed by atoms with Gasteiger partial charge in [0.05, 0.1) is 6.10 Å². The van der Waals surface area contributed by atoms with E-state index in [-0.39, 0.29) is 0 Å². The Morgan fingerprint density at radius 2 is 2.17 bits per heavy atom. The molecule has 0 spiro atoms. The SMILES string of the molecule is Cc1cccc2c1[C@H](OP)[C@H]2C. The van der Waals surface area contributed by atoms with Gasteiger partial charge in [0, 0.05) is 15.4 Å². The fourth-order valence-corrected chi connectivity index (χ4v) is 2.36. The summed E-state index contributed by atoms with van der Waals surface area (Å²) in [4.78, 5) is 0. The number of aryl methyl sites for hydroxylation is 1. The first kappa shape index (κ1) is 8.22. The molecule has 0 saturated carbocycles. The molecule has 0 heterocycles. The maximum atomic E-state index is 5.32. The van der Waals surface area contributed by atoms with Gasteiger partial charge in [-0.2, -0.15) is 0 Å². The van der Waals surface area contributed by atoms with Gasteiger partial charge in [0.25, 0.3) is 0 Å². The van der Waals surface area contributed by atoms with Crippen molar-refractivity contribution in [1.29, 1.82) is 0 Å². The van der Waals surface area contributed by atoms with Crippen LogP contribution in [0.25, 0.3) is 0 Å². The highest BCUT2D eigenvalue weighted by atomic mass is 31.0. The molecule has 2 heteroatoms. The van der Waals surface area contributed by atoms with Crippen molar-refractivity contribution in [2.24, 2.45) is 0 Å². The summed E-state index contributed by atoms with van der Waals surface area (Å²) in [6.07, 6.45) is 0.297. The second-order valence-corrected chi connectivity index (χ2v) is 3.70. The predicted octanol–water partition coefficient (Wildman–Crippen LogP) is 2.96. The molecule has 0 N–H and O–H groups in total. The van der Waals surface area contributed by atoms with Gasteiger partial charge in [0.2, 0.25) is 0 Å². The summed E-state index contributed by atoms with van der Waals surface area (Å²) in [7, 11) is 2.36. The van der Waals surface area contributed by atoms with Crippen LogP contribution in [0.5, 0.6) is 0 Å². The third kappa shape index (κ3) is 0.935. The van der Waals surface area contributed by atoms with Crippen molar-refractivity contribution in [1.82, 2.24) is 0 Å². The first-order chi connectivity index (χ1) is 5.75. The van der Waals surface area contributed by atoms with E-state index >= 15 is 0 Å². The fraction of sp³-hybridized carbons (Fsp3) is 0.400. The minimum Gasteiger partial charge on any atom is -0.357 e. The van der Waals surface area contributed by atoms with Crippen LogP contribution in [0, 0.1) is 6.92 Å². The smallest absolute Gasteiger partial charge is 0.0931 e. The summed E-state index contributed by atoms with van der Waals surface area (Å²) >= 11 is 0. The summed E-state index contributed by atoms with van der Waals surface area (Å²) in [6, 6.07) is 6.44. The van der Waals surface area contributed by atoms with Crippen LogP contribution in [-0.4, -0.2) is 0 Å². The minimum atomic E-state index is 0.297. The Kier molecular flexibility index (Phi) is 1.94. The molecule has 0 aliphatic heterocycles. The Labute approximate surface area is 75.4 Å². The summed E-state index contributed by atoms with van der Waals surface area (Å²) in [5.74, 6) is 0.553. The van der Waals surface area contributed by atoms with Crippen LogP contribution in [0.4, 0.5) is 0 Å². The van der Waals surface area contributed by atoms with Crippen molar-refractivity contribution in [3.63, 3.8) is 0 Å². The molecule has 1 nitrogen and oxygen atoms in total. The van der Waals surface area contributed by atoms with Gasteiger partial charge in [-0.15, -0.1) is 0 Å². The van der Waals surface area contributed by atoms with Crippen molar-refractivity contribution in [2.75, 3.05) is 0 Å². The number of hydrogen-bond acceptors (Lipinski definition) is 1. The average molecular weight is 180 g/mol. The highest BCUT2D eigenvalue weighted by molar-refractivity contribution is 7.09. The predicted molar refractivity (Wildman–Crippen MR) is 53.1 cm³/mol. The number of hydrogen-bond donors (Lipinski definition) is 0. The molecule has 1 aliphatic rings. The highest BCUT2D eigenvalue weighted by Gasteiger charge is 2.35. The van der Waals surface area contributed by atoms with Crippen LogP contribution in [-0.2, 0) is 4.52 Å². The molecule has 0 aromatic heterocycles. The van der Waals surface area contributed by atoms with Crippen LogP contribution >= 0.6 is 9.47 Å². The molecule has 3 atom stereocenters. The van der Waals surface area contributed by atoms with Gasteiger partial charge in [0.1, 0.15) is 0 Å². The Morgan fingerprint density at radius 1 is 1.42 bits per heavy atom. The summed E-state index contributed by atoms with van der Waals surface area (Å²) in [6.45, 7) is 4.35. The van der Waals surface area contributed by atoms with E-state index in [1.54, 1.807) is 0 Å². The Bertz CT molecular complexity index is 309. The lowest BCUT2D eigenvalue weighted by atomic mass is 9.74. The van der Waals surface area contributed by atoms with Gasteiger partial charge in [-0.25, -0.2) is 0 Å². The van der Waals surface area contributed by atoms with Crippen molar-refractivity contribution < 1.29 is 4.52 Å². The van der Waals surface area contributed by atoms with Crippen LogP contribution in [0.3, 0.4) is 0 Å². The van der Waals surface area contributed by atoms with E-state index in [1.165, 1.54) is 16.7 Å². The summed E-state index contributed by atoms with van der Waals surface area (Å²) < 4.78 is 5.32. The van der Waals surface area contributed by atoms with Gasteiger partial charge in [-0.05, 0) is 23.6 Å². The third-order valence-electron chi connectivity index (χ3n) is 2.73. The molecule has 1 aliphatic carbocycles. The lowest BCUT2D eigenvalue weighted by Crippen LogP contribution is -2.23. The van der Waals surface area contributed by atoms with Crippen molar-refractivity contribution in [3.8, 4) is 0 Å². The van der Waals surface area contributed by atoms with Gasteiger partial charge in [-0.3, -0.25) is 0 Å². The molecule has 0 radical (unpaired) electrons. The quantitative estimate of drug-likeness (QED) is 0.604. The zero-order chi connectivity index (χ0) is 8.72. The molecule has 12 heavy (non-hydrogen) atoms. The van der Waals surface area contributed by atoms with Crippen LogP contribution in [0.1, 0.15) is 35.6 Å². The molecule has 2 rings (SSSR count). The highest BCUT2D eigenvalue weighted by Crippen LogP contribution is 2.49. The minimum absolute atomic E-state index is 0.297. The Morgan fingerprint density at radius 3 is 2.83 bits per heavy atom.